The van der Waals surface area contributed by atoms with Crippen molar-refractivity contribution in [1.82, 2.24) is 0 Å². The van der Waals surface area contributed by atoms with Crippen LogP contribution < -0.4 is 5.73 Å². The van der Waals surface area contributed by atoms with Crippen molar-refractivity contribution >= 4 is 18.4 Å². The third-order valence-corrected chi connectivity index (χ3v) is 2.13. The van der Waals surface area contributed by atoms with Crippen LogP contribution in [-0.2, 0) is 9.53 Å². The van der Waals surface area contributed by atoms with Crippen molar-refractivity contribution in [2.24, 2.45) is 5.73 Å². The van der Waals surface area contributed by atoms with Gasteiger partial charge in [0.25, 0.3) is 0 Å². The lowest BCUT2D eigenvalue weighted by molar-refractivity contribution is -0.143. The fraction of sp³-hybridized carbons (Fsp3) is 0.364. The molecule has 0 aromatic heterocycles. The molecule has 2 N–H and O–H groups in total. The van der Waals surface area contributed by atoms with Crippen LogP contribution in [0.15, 0.2) is 12.1 Å². The number of ether oxygens (including phenoxy) is 1. The molecule has 0 saturated carbocycles. The van der Waals surface area contributed by atoms with Crippen LogP contribution in [0.25, 0.3) is 0 Å². The van der Waals surface area contributed by atoms with Crippen molar-refractivity contribution in [3.8, 4) is 0 Å². The van der Waals surface area contributed by atoms with Gasteiger partial charge in [0.05, 0.1) is 13.0 Å². The van der Waals surface area contributed by atoms with Gasteiger partial charge in [-0.2, -0.15) is 0 Å². The Balaban J connectivity index is 0.00000289. The highest BCUT2D eigenvalue weighted by Gasteiger charge is 2.17. The van der Waals surface area contributed by atoms with Gasteiger partial charge < -0.3 is 10.5 Å². The van der Waals surface area contributed by atoms with Crippen molar-refractivity contribution in [3.63, 3.8) is 0 Å². The highest BCUT2D eigenvalue weighted by Crippen LogP contribution is 2.20. The summed E-state index contributed by atoms with van der Waals surface area (Å²) < 4.78 is 43.1. The molecular formula is C11H13ClF3NO2. The summed E-state index contributed by atoms with van der Waals surface area (Å²) >= 11 is 0. The Morgan fingerprint density at radius 1 is 1.33 bits per heavy atom. The second kappa shape index (κ2) is 7.23. The van der Waals surface area contributed by atoms with E-state index in [0.717, 1.165) is 12.1 Å². The van der Waals surface area contributed by atoms with Crippen LogP contribution >= 0.6 is 12.4 Å². The zero-order valence-electron chi connectivity index (χ0n) is 9.58. The fourth-order valence-electron chi connectivity index (χ4n) is 1.31. The predicted molar refractivity (Wildman–Crippen MR) is 61.7 cm³/mol. The van der Waals surface area contributed by atoms with Crippen molar-refractivity contribution in [2.75, 3.05) is 6.61 Å². The van der Waals surface area contributed by atoms with E-state index in [1.165, 1.54) is 0 Å². The van der Waals surface area contributed by atoms with E-state index in [9.17, 15) is 18.0 Å². The molecule has 18 heavy (non-hydrogen) atoms. The maximum Gasteiger partial charge on any atom is 0.307 e. The molecular weight excluding hydrogens is 271 g/mol. The number of nitrogens with two attached hydrogens (primary N) is 1. The average molecular weight is 284 g/mol. The summed E-state index contributed by atoms with van der Waals surface area (Å²) in [4.78, 5) is 11.1. The Kier molecular flexibility index (Phi) is 6.72. The van der Waals surface area contributed by atoms with E-state index in [2.05, 4.69) is 4.74 Å². The summed E-state index contributed by atoms with van der Waals surface area (Å²) in [5, 5.41) is 0. The number of carbonyl (C=O) groups excluding carboxylic acids is 1. The van der Waals surface area contributed by atoms with Crippen LogP contribution in [0.1, 0.15) is 24.9 Å². The standard InChI is InChI=1S/C11H12F3NO2.ClH/c1-2-17-10(16)5-9(15)6-3-7(12)11(14)8(13)4-6;/h3-4,9H,2,5,15H2,1H3;1H/t9-;/m0./s1. The molecule has 0 spiro atoms. The molecule has 0 aliphatic heterocycles. The monoisotopic (exact) mass is 283 g/mol. The van der Waals surface area contributed by atoms with Crippen LogP contribution in [-0.4, -0.2) is 12.6 Å². The Morgan fingerprint density at radius 3 is 2.28 bits per heavy atom. The first-order valence-corrected chi connectivity index (χ1v) is 5.01. The van der Waals surface area contributed by atoms with Crippen LogP contribution in [0.5, 0.6) is 0 Å². The topological polar surface area (TPSA) is 52.3 Å². The molecule has 1 aromatic carbocycles. The van der Waals surface area contributed by atoms with Gasteiger partial charge in [-0.25, -0.2) is 13.2 Å². The van der Waals surface area contributed by atoms with Crippen LogP contribution in [0.2, 0.25) is 0 Å². The molecule has 102 valence electrons. The number of hydrogen-bond acceptors (Lipinski definition) is 3. The number of halogens is 4. The van der Waals surface area contributed by atoms with Gasteiger partial charge >= 0.3 is 5.97 Å². The largest absolute Gasteiger partial charge is 0.466 e. The first-order chi connectivity index (χ1) is 7.95. The van der Waals surface area contributed by atoms with Crippen molar-refractivity contribution < 1.29 is 22.7 Å². The molecule has 0 aliphatic rings. The van der Waals surface area contributed by atoms with Crippen LogP contribution in [0, 0.1) is 17.5 Å². The molecule has 0 unspecified atom stereocenters. The molecule has 0 saturated heterocycles. The molecule has 0 amide bonds. The van der Waals surface area contributed by atoms with E-state index in [4.69, 9.17) is 5.73 Å². The molecule has 3 nitrogen and oxygen atoms in total. The lowest BCUT2D eigenvalue weighted by atomic mass is 10.0. The third kappa shape index (κ3) is 4.19. The molecule has 1 rings (SSSR count). The first kappa shape index (κ1) is 16.7. The second-order valence-corrected chi connectivity index (χ2v) is 3.41. The van der Waals surface area contributed by atoms with Crippen LogP contribution in [0.3, 0.4) is 0 Å². The highest BCUT2D eigenvalue weighted by atomic mass is 35.5. The van der Waals surface area contributed by atoms with Gasteiger partial charge in [-0.3, -0.25) is 4.79 Å². The van der Waals surface area contributed by atoms with Crippen molar-refractivity contribution in [3.05, 3.63) is 35.1 Å². The molecule has 0 radical (unpaired) electrons. The lowest BCUT2D eigenvalue weighted by Crippen LogP contribution is -2.18. The van der Waals surface area contributed by atoms with Gasteiger partial charge in [0, 0.05) is 6.04 Å². The molecule has 1 atom stereocenters. The molecule has 0 bridgehead atoms. The summed E-state index contributed by atoms with van der Waals surface area (Å²) in [6, 6.07) is 0.601. The molecule has 0 fully saturated rings. The summed E-state index contributed by atoms with van der Waals surface area (Å²) in [5.74, 6) is -4.80. The Morgan fingerprint density at radius 2 is 1.83 bits per heavy atom. The molecule has 0 aliphatic carbocycles. The minimum atomic E-state index is -1.56. The summed E-state index contributed by atoms with van der Waals surface area (Å²) in [6.07, 6.45) is -0.224. The quantitative estimate of drug-likeness (QED) is 0.682. The Bertz CT molecular complexity index is 406. The second-order valence-electron chi connectivity index (χ2n) is 3.41. The van der Waals surface area contributed by atoms with Gasteiger partial charge in [-0.05, 0) is 24.6 Å². The molecule has 7 heteroatoms. The molecule has 0 heterocycles. The van der Waals surface area contributed by atoms with Gasteiger partial charge in [-0.1, -0.05) is 0 Å². The van der Waals surface area contributed by atoms with E-state index < -0.39 is 29.5 Å². The van der Waals surface area contributed by atoms with E-state index in [1.54, 1.807) is 6.92 Å². The van der Waals surface area contributed by atoms with Crippen LogP contribution in [0.4, 0.5) is 13.2 Å². The number of benzene rings is 1. The summed E-state index contributed by atoms with van der Waals surface area (Å²) in [6.45, 7) is 1.82. The Labute approximate surface area is 109 Å². The summed E-state index contributed by atoms with van der Waals surface area (Å²) in [7, 11) is 0. The van der Waals surface area contributed by atoms with Gasteiger partial charge in [0.1, 0.15) is 0 Å². The zero-order chi connectivity index (χ0) is 13.0. The Hall–Kier alpha value is -1.27. The van der Waals surface area contributed by atoms with Gasteiger partial charge in [0.2, 0.25) is 0 Å². The van der Waals surface area contributed by atoms with E-state index >= 15 is 0 Å². The minimum Gasteiger partial charge on any atom is -0.466 e. The van der Waals surface area contributed by atoms with Gasteiger partial charge in [-0.15, -0.1) is 12.4 Å². The fourth-order valence-corrected chi connectivity index (χ4v) is 1.31. The zero-order valence-corrected chi connectivity index (χ0v) is 10.4. The van der Waals surface area contributed by atoms with Crippen molar-refractivity contribution in [1.29, 1.82) is 0 Å². The third-order valence-electron chi connectivity index (χ3n) is 2.13. The first-order valence-electron chi connectivity index (χ1n) is 5.01. The maximum absolute atomic E-state index is 12.9. The summed E-state index contributed by atoms with van der Waals surface area (Å²) in [5.41, 5.74) is 5.57. The van der Waals surface area contributed by atoms with E-state index in [0.29, 0.717) is 0 Å². The minimum absolute atomic E-state index is 0. The number of rotatable bonds is 4. The smallest absolute Gasteiger partial charge is 0.307 e. The predicted octanol–water partition coefficient (Wildman–Crippen LogP) is 2.48. The molecule has 1 aromatic rings. The normalized spacial score (nSPS) is 11.6. The lowest BCUT2D eigenvalue weighted by Gasteiger charge is -2.11. The van der Waals surface area contributed by atoms with E-state index in [-0.39, 0.29) is 31.0 Å². The average Bonchev–Trinajstić information content (AvgIpc) is 2.25. The van der Waals surface area contributed by atoms with E-state index in [1.807, 2.05) is 0 Å². The number of esters is 1. The van der Waals surface area contributed by atoms with Crippen molar-refractivity contribution in [2.45, 2.75) is 19.4 Å². The SMILES string of the molecule is CCOC(=O)C[C@H](N)c1cc(F)c(F)c(F)c1.Cl. The highest BCUT2D eigenvalue weighted by molar-refractivity contribution is 5.85. The maximum atomic E-state index is 12.9. The number of hydrogen-bond donors (Lipinski definition) is 1. The van der Waals surface area contributed by atoms with Gasteiger partial charge in [0.15, 0.2) is 17.5 Å². The number of carbonyl (C=O) groups is 1.